The topological polar surface area (TPSA) is 109 Å². The van der Waals surface area contributed by atoms with E-state index in [0.717, 1.165) is 10.5 Å². The highest BCUT2D eigenvalue weighted by Gasteiger charge is 2.37. The van der Waals surface area contributed by atoms with E-state index in [2.05, 4.69) is 5.32 Å². The van der Waals surface area contributed by atoms with Crippen molar-refractivity contribution in [2.45, 2.75) is 6.92 Å². The molecule has 0 saturated carbocycles. The van der Waals surface area contributed by atoms with Gasteiger partial charge in [-0.15, -0.1) is 0 Å². The molecule has 1 fully saturated rings. The molecule has 1 heterocycles. The van der Waals surface area contributed by atoms with Crippen LogP contribution >= 0.6 is 23.2 Å². The van der Waals surface area contributed by atoms with Crippen LogP contribution in [-0.4, -0.2) is 31.6 Å². The third kappa shape index (κ3) is 4.48. The molecule has 158 valence electrons. The van der Waals surface area contributed by atoms with Gasteiger partial charge in [-0.3, -0.25) is 14.9 Å². The van der Waals surface area contributed by atoms with E-state index in [1.807, 2.05) is 6.07 Å². The van der Waals surface area contributed by atoms with Crippen molar-refractivity contribution in [3.63, 3.8) is 0 Å². The summed E-state index contributed by atoms with van der Waals surface area (Å²) in [5.41, 5.74) is 1.04. The zero-order valence-electron chi connectivity index (χ0n) is 16.4. The maximum Gasteiger partial charge on any atom is 0.335 e. The predicted molar refractivity (Wildman–Crippen MR) is 114 cm³/mol. The van der Waals surface area contributed by atoms with Crippen LogP contribution in [0.4, 0.5) is 10.5 Å². The normalized spacial score (nSPS) is 15.0. The summed E-state index contributed by atoms with van der Waals surface area (Å²) in [6, 6.07) is 8.53. The summed E-state index contributed by atoms with van der Waals surface area (Å²) in [5, 5.41) is 11.3. The van der Waals surface area contributed by atoms with Gasteiger partial charge in [-0.25, -0.2) is 9.69 Å². The monoisotopic (exact) mass is 459 g/mol. The number of anilines is 1. The Balaban J connectivity index is 2.03. The lowest BCUT2D eigenvalue weighted by atomic mass is 10.1. The van der Waals surface area contributed by atoms with Gasteiger partial charge in [-0.1, -0.05) is 29.3 Å². The third-order valence-corrected chi connectivity index (χ3v) is 5.05. The first-order valence-corrected chi connectivity index (χ1v) is 9.57. The van der Waals surface area contributed by atoms with E-state index < -0.39 is 17.8 Å². The summed E-state index contributed by atoms with van der Waals surface area (Å²) in [6.07, 6.45) is 1.27. The first-order valence-electron chi connectivity index (χ1n) is 8.81. The zero-order chi connectivity index (χ0) is 22.7. The smallest absolute Gasteiger partial charge is 0.335 e. The fourth-order valence-corrected chi connectivity index (χ4v) is 3.30. The van der Waals surface area contributed by atoms with Gasteiger partial charge in [-0.05, 0) is 48.4 Å². The number of rotatable bonds is 5. The first-order chi connectivity index (χ1) is 14.8. The third-order valence-electron chi connectivity index (χ3n) is 4.36. The molecule has 2 aromatic rings. The van der Waals surface area contributed by atoms with Crippen molar-refractivity contribution in [3.8, 4) is 17.6 Å². The SMILES string of the molecule is COc1cc(/C=C2/C(=O)NC(=O)N(c3ccc(C)c(Cl)c3)C2=O)cc(Cl)c1OCC#N. The first kappa shape index (κ1) is 22.2. The Labute approximate surface area is 187 Å². The van der Waals surface area contributed by atoms with E-state index in [4.69, 9.17) is 37.9 Å². The van der Waals surface area contributed by atoms with E-state index >= 15 is 0 Å². The summed E-state index contributed by atoms with van der Waals surface area (Å²) in [5.74, 6) is -1.33. The van der Waals surface area contributed by atoms with Crippen LogP contribution in [0.25, 0.3) is 6.08 Å². The number of carbonyl (C=O) groups is 3. The minimum absolute atomic E-state index is 0.114. The number of methoxy groups -OCH3 is 1. The maximum absolute atomic E-state index is 13.0. The Bertz CT molecular complexity index is 1170. The lowest BCUT2D eigenvalue weighted by Gasteiger charge is -2.26. The molecule has 0 spiro atoms. The number of hydrogen-bond donors (Lipinski definition) is 1. The van der Waals surface area contributed by atoms with E-state index in [0.29, 0.717) is 10.6 Å². The van der Waals surface area contributed by atoms with Crippen molar-refractivity contribution >= 4 is 52.8 Å². The highest BCUT2D eigenvalue weighted by molar-refractivity contribution is 6.39. The Kier molecular flexibility index (Phi) is 6.49. The number of urea groups is 1. The number of barbiturate groups is 1. The lowest BCUT2D eigenvalue weighted by Crippen LogP contribution is -2.54. The fourth-order valence-electron chi connectivity index (χ4n) is 2.85. The number of benzene rings is 2. The second-order valence-corrected chi connectivity index (χ2v) is 7.19. The number of nitrogens with zero attached hydrogens (tertiary/aromatic N) is 2. The molecule has 1 N–H and O–H groups in total. The Morgan fingerprint density at radius 2 is 1.90 bits per heavy atom. The highest BCUT2D eigenvalue weighted by Crippen LogP contribution is 2.37. The molecule has 0 atom stereocenters. The molecule has 4 amide bonds. The van der Waals surface area contributed by atoms with Crippen LogP contribution in [-0.2, 0) is 9.59 Å². The van der Waals surface area contributed by atoms with E-state index in [9.17, 15) is 14.4 Å². The van der Waals surface area contributed by atoms with Crippen LogP contribution in [0.15, 0.2) is 35.9 Å². The molecule has 0 radical (unpaired) electrons. The van der Waals surface area contributed by atoms with Crippen molar-refractivity contribution < 1.29 is 23.9 Å². The van der Waals surface area contributed by atoms with E-state index in [1.165, 1.54) is 31.4 Å². The molecule has 1 aliphatic rings. The Morgan fingerprint density at radius 3 is 2.55 bits per heavy atom. The molecule has 0 unspecified atom stereocenters. The second-order valence-electron chi connectivity index (χ2n) is 6.37. The number of carbonyl (C=O) groups excluding carboxylic acids is 3. The average Bonchev–Trinajstić information content (AvgIpc) is 2.72. The molecule has 31 heavy (non-hydrogen) atoms. The molecule has 0 aliphatic carbocycles. The number of ether oxygens (including phenoxy) is 2. The molecule has 2 aromatic carbocycles. The van der Waals surface area contributed by atoms with Crippen LogP contribution in [0.1, 0.15) is 11.1 Å². The number of hydrogen-bond acceptors (Lipinski definition) is 6. The summed E-state index contributed by atoms with van der Waals surface area (Å²) < 4.78 is 10.5. The number of imide groups is 2. The second kappa shape index (κ2) is 9.08. The van der Waals surface area contributed by atoms with Gasteiger partial charge in [-0.2, -0.15) is 5.26 Å². The molecule has 3 rings (SSSR count). The van der Waals surface area contributed by atoms with Crippen molar-refractivity contribution in [3.05, 3.63) is 57.1 Å². The molecule has 1 saturated heterocycles. The fraction of sp³-hybridized carbons (Fsp3) is 0.143. The van der Waals surface area contributed by atoms with Gasteiger partial charge < -0.3 is 9.47 Å². The van der Waals surface area contributed by atoms with Crippen molar-refractivity contribution in [2.75, 3.05) is 18.6 Å². The van der Waals surface area contributed by atoms with Gasteiger partial charge in [0.2, 0.25) is 0 Å². The zero-order valence-corrected chi connectivity index (χ0v) is 17.9. The molecule has 0 bridgehead atoms. The van der Waals surface area contributed by atoms with Crippen molar-refractivity contribution in [2.24, 2.45) is 0 Å². The van der Waals surface area contributed by atoms with Gasteiger partial charge in [0.15, 0.2) is 18.1 Å². The molecule has 1 aliphatic heterocycles. The van der Waals surface area contributed by atoms with Gasteiger partial charge in [0, 0.05) is 5.02 Å². The van der Waals surface area contributed by atoms with Gasteiger partial charge in [0.25, 0.3) is 11.8 Å². The van der Waals surface area contributed by atoms with Gasteiger partial charge >= 0.3 is 6.03 Å². The number of aryl methyl sites for hydroxylation is 1. The molecule has 10 heteroatoms. The predicted octanol–water partition coefficient (Wildman–Crippen LogP) is 3.88. The van der Waals surface area contributed by atoms with Crippen LogP contribution < -0.4 is 19.7 Å². The summed E-state index contributed by atoms with van der Waals surface area (Å²) in [4.78, 5) is 38.5. The molecular weight excluding hydrogens is 445 g/mol. The van der Waals surface area contributed by atoms with Crippen molar-refractivity contribution in [1.29, 1.82) is 5.26 Å². The number of halogens is 2. The molecular formula is C21H15Cl2N3O5. The van der Waals surface area contributed by atoms with Crippen molar-refractivity contribution in [1.82, 2.24) is 5.32 Å². The summed E-state index contributed by atoms with van der Waals surface area (Å²) >= 11 is 12.3. The maximum atomic E-state index is 13.0. The largest absolute Gasteiger partial charge is 0.493 e. The molecule has 8 nitrogen and oxygen atoms in total. The average molecular weight is 460 g/mol. The quantitative estimate of drug-likeness (QED) is 0.536. The number of nitriles is 1. The van der Waals surface area contributed by atoms with E-state index in [1.54, 1.807) is 19.1 Å². The minimum Gasteiger partial charge on any atom is -0.493 e. The van der Waals surface area contributed by atoms with Gasteiger partial charge in [0.05, 0.1) is 17.8 Å². The standard InChI is InChI=1S/C21H15Cl2N3O5/c1-11-3-4-13(10-15(11)22)26-20(28)14(19(27)25-21(26)29)7-12-8-16(23)18(31-6-5-24)17(9-12)30-2/h3-4,7-10H,6H2,1-2H3,(H,25,27,29)/b14-7-. The summed E-state index contributed by atoms with van der Waals surface area (Å²) in [7, 11) is 1.38. The number of nitrogens with one attached hydrogen (secondary N) is 1. The molecule has 0 aromatic heterocycles. The highest BCUT2D eigenvalue weighted by atomic mass is 35.5. The van der Waals surface area contributed by atoms with Crippen LogP contribution in [0.5, 0.6) is 11.5 Å². The Hall–Kier alpha value is -3.54. The van der Waals surface area contributed by atoms with Crippen LogP contribution in [0.3, 0.4) is 0 Å². The minimum atomic E-state index is -0.886. The Morgan fingerprint density at radius 1 is 1.16 bits per heavy atom. The lowest BCUT2D eigenvalue weighted by molar-refractivity contribution is -0.122. The number of amides is 4. The van der Waals surface area contributed by atoms with E-state index in [-0.39, 0.29) is 34.4 Å². The van der Waals surface area contributed by atoms with Crippen LogP contribution in [0.2, 0.25) is 10.0 Å². The summed E-state index contributed by atoms with van der Waals surface area (Å²) in [6.45, 7) is 1.54. The van der Waals surface area contributed by atoms with Gasteiger partial charge in [0.1, 0.15) is 11.6 Å². The van der Waals surface area contributed by atoms with Crippen LogP contribution in [0, 0.1) is 18.3 Å².